The number of sulfone groups is 1. The van der Waals surface area contributed by atoms with E-state index in [0.29, 0.717) is 17.8 Å². The van der Waals surface area contributed by atoms with E-state index >= 15 is 0 Å². The number of hydrogen-bond acceptors (Lipinski definition) is 6. The summed E-state index contributed by atoms with van der Waals surface area (Å²) >= 11 is 0. The van der Waals surface area contributed by atoms with Gasteiger partial charge in [-0.2, -0.15) is 4.68 Å². The average Bonchev–Trinajstić information content (AvgIpc) is 3.04. The van der Waals surface area contributed by atoms with Crippen LogP contribution >= 0.6 is 0 Å². The van der Waals surface area contributed by atoms with E-state index in [1.165, 1.54) is 0 Å². The maximum Gasteiger partial charge on any atom is 0.251 e. The second-order valence-corrected chi connectivity index (χ2v) is 7.49. The first kappa shape index (κ1) is 14.6. The molecule has 2 aromatic rings. The lowest BCUT2D eigenvalue weighted by molar-refractivity contribution is 0.0941. The standard InChI is InChI=1S/C13H15N5O3S/c1-9-15-16-17-18(9)12-4-2-10(3-5-12)13(19)14-11-6-7-22(20,21)8-11/h2-5,11H,6-8H2,1H3,(H,14,19)/t11-/m1/s1. The van der Waals surface area contributed by atoms with Crippen LogP contribution in [0.1, 0.15) is 22.6 Å². The first-order valence-corrected chi connectivity index (χ1v) is 8.63. The summed E-state index contributed by atoms with van der Waals surface area (Å²) in [7, 11) is -3.00. The lowest BCUT2D eigenvalue weighted by Gasteiger charge is -2.11. The minimum atomic E-state index is -3.00. The monoisotopic (exact) mass is 321 g/mol. The van der Waals surface area contributed by atoms with Crippen LogP contribution in [0.25, 0.3) is 5.69 Å². The van der Waals surface area contributed by atoms with E-state index in [0.717, 1.165) is 5.69 Å². The van der Waals surface area contributed by atoms with Gasteiger partial charge in [0.15, 0.2) is 15.7 Å². The molecule has 0 spiro atoms. The summed E-state index contributed by atoms with van der Waals surface area (Å²) < 4.78 is 24.3. The summed E-state index contributed by atoms with van der Waals surface area (Å²) in [4.78, 5) is 12.1. The lowest BCUT2D eigenvalue weighted by Crippen LogP contribution is -2.35. The van der Waals surface area contributed by atoms with E-state index < -0.39 is 9.84 Å². The SMILES string of the molecule is Cc1nnnn1-c1ccc(C(=O)N[C@@H]2CCS(=O)(=O)C2)cc1. The predicted octanol–water partition coefficient (Wildman–Crippen LogP) is -0.112. The molecule has 1 aromatic heterocycles. The van der Waals surface area contributed by atoms with E-state index in [-0.39, 0.29) is 23.5 Å². The third-order valence-corrected chi connectivity index (χ3v) is 5.34. The molecule has 22 heavy (non-hydrogen) atoms. The van der Waals surface area contributed by atoms with Gasteiger partial charge in [-0.1, -0.05) is 0 Å². The Morgan fingerprint density at radius 2 is 2.05 bits per heavy atom. The molecule has 1 aromatic carbocycles. The molecule has 1 aliphatic rings. The van der Waals surface area contributed by atoms with E-state index in [2.05, 4.69) is 20.8 Å². The molecule has 1 fully saturated rings. The van der Waals surface area contributed by atoms with Gasteiger partial charge in [0.1, 0.15) is 0 Å². The Morgan fingerprint density at radius 3 is 2.59 bits per heavy atom. The average molecular weight is 321 g/mol. The highest BCUT2D eigenvalue weighted by atomic mass is 32.2. The Balaban J connectivity index is 1.70. The molecule has 1 amide bonds. The van der Waals surface area contributed by atoms with E-state index in [1.807, 2.05) is 0 Å². The number of aromatic nitrogens is 4. The van der Waals surface area contributed by atoms with E-state index in [9.17, 15) is 13.2 Å². The second kappa shape index (κ2) is 5.48. The van der Waals surface area contributed by atoms with Crippen molar-refractivity contribution in [2.75, 3.05) is 11.5 Å². The van der Waals surface area contributed by atoms with Gasteiger partial charge in [-0.3, -0.25) is 4.79 Å². The zero-order valence-corrected chi connectivity index (χ0v) is 12.7. The number of nitrogens with one attached hydrogen (secondary N) is 1. The minimum Gasteiger partial charge on any atom is -0.348 e. The Bertz CT molecular complexity index is 797. The van der Waals surface area contributed by atoms with Crippen molar-refractivity contribution in [1.29, 1.82) is 0 Å². The summed E-state index contributed by atoms with van der Waals surface area (Å²) in [5, 5.41) is 14.0. The van der Waals surface area contributed by atoms with Crippen molar-refractivity contribution in [3.05, 3.63) is 35.7 Å². The smallest absolute Gasteiger partial charge is 0.251 e. The molecule has 0 bridgehead atoms. The van der Waals surface area contributed by atoms with Crippen LogP contribution < -0.4 is 5.32 Å². The van der Waals surface area contributed by atoms with Crippen LogP contribution in [0.15, 0.2) is 24.3 Å². The van der Waals surface area contributed by atoms with Crippen LogP contribution in [0.2, 0.25) is 0 Å². The van der Waals surface area contributed by atoms with Gasteiger partial charge in [0, 0.05) is 11.6 Å². The summed E-state index contributed by atoms with van der Waals surface area (Å²) in [5.41, 5.74) is 1.22. The molecule has 9 heteroatoms. The number of aryl methyl sites for hydroxylation is 1. The molecular weight excluding hydrogens is 306 g/mol. The molecule has 8 nitrogen and oxygen atoms in total. The first-order chi connectivity index (χ1) is 10.4. The van der Waals surface area contributed by atoms with Gasteiger partial charge in [-0.25, -0.2) is 8.42 Å². The maximum absolute atomic E-state index is 12.1. The topological polar surface area (TPSA) is 107 Å². The number of nitrogens with zero attached hydrogens (tertiary/aromatic N) is 4. The molecule has 1 N–H and O–H groups in total. The van der Waals surface area contributed by atoms with Gasteiger partial charge in [0.2, 0.25) is 0 Å². The first-order valence-electron chi connectivity index (χ1n) is 6.81. The van der Waals surface area contributed by atoms with Gasteiger partial charge in [0.05, 0.1) is 17.2 Å². The minimum absolute atomic E-state index is 0.0145. The lowest BCUT2D eigenvalue weighted by atomic mass is 10.1. The number of hydrogen-bond donors (Lipinski definition) is 1. The van der Waals surface area contributed by atoms with Crippen LogP contribution in [0.5, 0.6) is 0 Å². The Kier molecular flexibility index (Phi) is 3.65. The number of amides is 1. The normalized spacial score (nSPS) is 20.0. The highest BCUT2D eigenvalue weighted by Crippen LogP contribution is 2.13. The van der Waals surface area contributed by atoms with Crippen molar-refractivity contribution >= 4 is 15.7 Å². The van der Waals surface area contributed by atoms with Crippen molar-refractivity contribution in [2.45, 2.75) is 19.4 Å². The molecule has 1 aliphatic heterocycles. The van der Waals surface area contributed by atoms with Crippen molar-refractivity contribution in [3.8, 4) is 5.69 Å². The van der Waals surface area contributed by atoms with Gasteiger partial charge in [-0.15, -0.1) is 5.10 Å². The fourth-order valence-electron chi connectivity index (χ4n) is 2.40. The van der Waals surface area contributed by atoms with Crippen LogP contribution in [0.4, 0.5) is 0 Å². The number of tetrazole rings is 1. The van der Waals surface area contributed by atoms with Crippen molar-refractivity contribution < 1.29 is 13.2 Å². The predicted molar refractivity (Wildman–Crippen MR) is 78.4 cm³/mol. The fourth-order valence-corrected chi connectivity index (χ4v) is 4.08. The van der Waals surface area contributed by atoms with E-state index in [1.54, 1.807) is 35.9 Å². The summed E-state index contributed by atoms with van der Waals surface area (Å²) in [5.74, 6) is 0.520. The van der Waals surface area contributed by atoms with Crippen LogP contribution in [-0.4, -0.2) is 52.1 Å². The largest absolute Gasteiger partial charge is 0.348 e. The van der Waals surface area contributed by atoms with Crippen LogP contribution in [0.3, 0.4) is 0 Å². The van der Waals surface area contributed by atoms with Crippen molar-refractivity contribution in [1.82, 2.24) is 25.5 Å². The summed E-state index contributed by atoms with van der Waals surface area (Å²) in [6.45, 7) is 1.78. The second-order valence-electron chi connectivity index (χ2n) is 5.26. The summed E-state index contributed by atoms with van der Waals surface area (Å²) in [6, 6.07) is 6.50. The zero-order valence-electron chi connectivity index (χ0n) is 11.9. The van der Waals surface area contributed by atoms with Gasteiger partial charge in [0.25, 0.3) is 5.91 Å². The molecule has 116 valence electrons. The van der Waals surface area contributed by atoms with Gasteiger partial charge >= 0.3 is 0 Å². The van der Waals surface area contributed by atoms with Gasteiger partial charge < -0.3 is 5.32 Å². The molecular formula is C13H15N5O3S. The molecule has 0 aliphatic carbocycles. The molecule has 1 saturated heterocycles. The quantitative estimate of drug-likeness (QED) is 0.845. The van der Waals surface area contributed by atoms with E-state index in [4.69, 9.17) is 0 Å². The molecule has 0 saturated carbocycles. The number of rotatable bonds is 3. The Morgan fingerprint density at radius 1 is 1.32 bits per heavy atom. The molecule has 1 atom stereocenters. The Hall–Kier alpha value is -2.29. The van der Waals surface area contributed by atoms with Gasteiger partial charge in [-0.05, 0) is 48.0 Å². The third-order valence-electron chi connectivity index (χ3n) is 3.57. The molecule has 3 rings (SSSR count). The third kappa shape index (κ3) is 2.98. The maximum atomic E-state index is 12.1. The van der Waals surface area contributed by atoms with Crippen LogP contribution in [0, 0.1) is 6.92 Å². The number of carbonyl (C=O) groups excluding carboxylic acids is 1. The van der Waals surface area contributed by atoms with Crippen molar-refractivity contribution in [3.63, 3.8) is 0 Å². The molecule has 2 heterocycles. The number of benzene rings is 1. The highest BCUT2D eigenvalue weighted by Gasteiger charge is 2.29. The zero-order chi connectivity index (χ0) is 15.7. The molecule has 0 radical (unpaired) electrons. The highest BCUT2D eigenvalue weighted by molar-refractivity contribution is 7.91. The summed E-state index contributed by atoms with van der Waals surface area (Å²) in [6.07, 6.45) is 0.468. The molecule has 0 unspecified atom stereocenters. The Labute approximate surface area is 127 Å². The van der Waals surface area contributed by atoms with Crippen LogP contribution in [-0.2, 0) is 9.84 Å². The number of carbonyl (C=O) groups is 1. The fraction of sp³-hybridized carbons (Fsp3) is 0.385. The van der Waals surface area contributed by atoms with Crippen molar-refractivity contribution in [2.24, 2.45) is 0 Å².